The number of rotatable bonds is 5. The first-order valence-corrected chi connectivity index (χ1v) is 5.99. The van der Waals surface area contributed by atoms with Crippen molar-refractivity contribution in [1.82, 2.24) is 0 Å². The number of hydrogen-bond donors (Lipinski definition) is 0. The lowest BCUT2D eigenvalue weighted by Crippen LogP contribution is -2.62. The van der Waals surface area contributed by atoms with Gasteiger partial charge in [-0.2, -0.15) is 0 Å². The van der Waals surface area contributed by atoms with Crippen LogP contribution in [0.2, 0.25) is 0 Å². The van der Waals surface area contributed by atoms with Crippen molar-refractivity contribution in [1.29, 1.82) is 0 Å². The van der Waals surface area contributed by atoms with E-state index in [1.807, 2.05) is 0 Å². The molecule has 0 radical (unpaired) electrons. The van der Waals surface area contributed by atoms with Crippen LogP contribution < -0.4 is 0 Å². The average molecular weight is 292 g/mol. The minimum atomic E-state index is -1.04. The fraction of sp³-hybridized carbons (Fsp3) is 0.833. The van der Waals surface area contributed by atoms with E-state index in [9.17, 15) is 9.59 Å². The average Bonchev–Trinajstić information content (AvgIpc) is 2.44. The van der Waals surface area contributed by atoms with Crippen LogP contribution in [-0.2, 0) is 38.0 Å². The number of ether oxygens (including phenoxy) is 6. The lowest BCUT2D eigenvalue weighted by atomic mass is 9.98. The van der Waals surface area contributed by atoms with Crippen LogP contribution >= 0.6 is 0 Å². The quantitative estimate of drug-likeness (QED) is 0.626. The Hall–Kier alpha value is -1.22. The van der Waals surface area contributed by atoms with E-state index in [0.717, 1.165) is 0 Å². The van der Waals surface area contributed by atoms with Gasteiger partial charge in [-0.15, -0.1) is 0 Å². The van der Waals surface area contributed by atoms with Gasteiger partial charge in [0.1, 0.15) is 12.2 Å². The number of carbonyl (C=O) groups is 2. The van der Waals surface area contributed by atoms with Gasteiger partial charge >= 0.3 is 11.9 Å². The molecule has 0 saturated carbocycles. The minimum Gasteiger partial charge on any atom is -0.467 e. The first kappa shape index (κ1) is 16.8. The molecule has 5 atom stereocenters. The van der Waals surface area contributed by atoms with Gasteiger partial charge in [-0.05, 0) is 0 Å². The van der Waals surface area contributed by atoms with Crippen molar-refractivity contribution in [2.24, 2.45) is 0 Å². The molecule has 0 unspecified atom stereocenters. The molecule has 0 spiro atoms. The molecule has 0 N–H and O–H groups in total. The number of esters is 2. The van der Waals surface area contributed by atoms with Gasteiger partial charge in [-0.25, -0.2) is 4.79 Å². The van der Waals surface area contributed by atoms with Crippen LogP contribution in [0.15, 0.2) is 0 Å². The molecular weight excluding hydrogens is 272 g/mol. The lowest BCUT2D eigenvalue weighted by molar-refractivity contribution is -0.298. The van der Waals surface area contributed by atoms with Gasteiger partial charge in [0.25, 0.3) is 0 Å². The molecule has 0 aromatic rings. The normalized spacial score (nSPS) is 33.5. The maximum atomic E-state index is 11.7. The Morgan fingerprint density at radius 3 is 1.90 bits per heavy atom. The van der Waals surface area contributed by atoms with Crippen molar-refractivity contribution in [2.45, 2.75) is 37.6 Å². The molecular formula is C12H20O8. The molecule has 0 amide bonds. The molecule has 1 saturated heterocycles. The van der Waals surface area contributed by atoms with Crippen LogP contribution in [0.3, 0.4) is 0 Å². The van der Waals surface area contributed by atoms with Crippen LogP contribution in [0.4, 0.5) is 0 Å². The van der Waals surface area contributed by atoms with Crippen LogP contribution in [0.5, 0.6) is 0 Å². The zero-order valence-corrected chi connectivity index (χ0v) is 12.2. The van der Waals surface area contributed by atoms with Crippen LogP contribution in [0.25, 0.3) is 0 Å². The van der Waals surface area contributed by atoms with Gasteiger partial charge in [0.05, 0.1) is 7.11 Å². The molecule has 116 valence electrons. The standard InChI is InChI=1S/C12H20O8/c1-6(13)19-10-8(16-3)7(15-2)9(11(14)17-4)20-12(10)18-5/h7-10,12H,1-5H3/t7-,8-,9-,10-,12-/m0/s1. The van der Waals surface area contributed by atoms with Crippen molar-refractivity contribution in [3.63, 3.8) is 0 Å². The Labute approximate surface area is 117 Å². The SMILES string of the molecule is COC(=O)[C@H]1O[C@H](OC)[C@@H](OC(C)=O)[C@@H](OC)[C@@H]1OC. The zero-order chi connectivity index (χ0) is 15.3. The molecule has 0 bridgehead atoms. The molecule has 1 fully saturated rings. The van der Waals surface area contributed by atoms with Gasteiger partial charge in [0.2, 0.25) is 0 Å². The first-order chi connectivity index (χ1) is 9.49. The number of hydrogen-bond acceptors (Lipinski definition) is 8. The van der Waals surface area contributed by atoms with Gasteiger partial charge in [-0.3, -0.25) is 4.79 Å². The van der Waals surface area contributed by atoms with Gasteiger partial charge in [-0.1, -0.05) is 0 Å². The Morgan fingerprint density at radius 1 is 0.900 bits per heavy atom. The molecule has 0 aromatic carbocycles. The Balaban J connectivity index is 3.04. The van der Waals surface area contributed by atoms with Crippen LogP contribution in [-0.4, -0.2) is 71.1 Å². The van der Waals surface area contributed by atoms with E-state index >= 15 is 0 Å². The van der Waals surface area contributed by atoms with Crippen molar-refractivity contribution in [3.8, 4) is 0 Å². The summed E-state index contributed by atoms with van der Waals surface area (Å²) in [7, 11) is 5.42. The maximum absolute atomic E-state index is 11.7. The summed E-state index contributed by atoms with van der Waals surface area (Å²) in [5, 5.41) is 0. The summed E-state index contributed by atoms with van der Waals surface area (Å²) in [4.78, 5) is 22.9. The van der Waals surface area contributed by atoms with Gasteiger partial charge < -0.3 is 28.4 Å². The number of carbonyl (C=O) groups excluding carboxylic acids is 2. The summed E-state index contributed by atoms with van der Waals surface area (Å²) < 4.78 is 30.9. The molecule has 1 heterocycles. The van der Waals surface area contributed by atoms with Gasteiger partial charge in [0.15, 0.2) is 18.5 Å². The van der Waals surface area contributed by atoms with Crippen molar-refractivity contribution in [2.75, 3.05) is 28.4 Å². The summed E-state index contributed by atoms with van der Waals surface area (Å²) in [5.74, 6) is -1.14. The summed E-state index contributed by atoms with van der Waals surface area (Å²) in [6.45, 7) is 1.26. The topological polar surface area (TPSA) is 89.5 Å². The largest absolute Gasteiger partial charge is 0.467 e. The molecule has 0 aliphatic carbocycles. The molecule has 0 aromatic heterocycles. The third kappa shape index (κ3) is 3.45. The highest BCUT2D eigenvalue weighted by Gasteiger charge is 2.51. The fourth-order valence-electron chi connectivity index (χ4n) is 2.15. The van der Waals surface area contributed by atoms with E-state index in [1.165, 1.54) is 35.4 Å². The second-order valence-electron chi connectivity index (χ2n) is 4.16. The summed E-state index contributed by atoms with van der Waals surface area (Å²) in [5.41, 5.74) is 0. The molecule has 8 nitrogen and oxygen atoms in total. The van der Waals surface area contributed by atoms with E-state index in [1.54, 1.807) is 0 Å². The molecule has 1 aliphatic heterocycles. The Morgan fingerprint density at radius 2 is 1.50 bits per heavy atom. The smallest absolute Gasteiger partial charge is 0.337 e. The second-order valence-corrected chi connectivity index (χ2v) is 4.16. The van der Waals surface area contributed by atoms with Crippen molar-refractivity contribution >= 4 is 11.9 Å². The summed E-state index contributed by atoms with van der Waals surface area (Å²) in [6, 6.07) is 0. The monoisotopic (exact) mass is 292 g/mol. The van der Waals surface area contributed by atoms with Crippen molar-refractivity contribution < 1.29 is 38.0 Å². The van der Waals surface area contributed by atoms with E-state index in [0.29, 0.717) is 0 Å². The summed E-state index contributed by atoms with van der Waals surface area (Å²) >= 11 is 0. The predicted octanol–water partition coefficient (Wildman–Crippen LogP) is -0.508. The molecule has 1 rings (SSSR count). The van der Waals surface area contributed by atoms with Gasteiger partial charge in [0, 0.05) is 28.3 Å². The first-order valence-electron chi connectivity index (χ1n) is 5.99. The van der Waals surface area contributed by atoms with E-state index in [2.05, 4.69) is 4.74 Å². The van der Waals surface area contributed by atoms with Crippen LogP contribution in [0, 0.1) is 0 Å². The predicted molar refractivity (Wildman–Crippen MR) is 64.8 cm³/mol. The minimum absolute atomic E-state index is 0.519. The Kier molecular flexibility index (Phi) is 6.34. The Bertz CT molecular complexity index is 344. The fourth-order valence-corrected chi connectivity index (χ4v) is 2.15. The van der Waals surface area contributed by atoms with E-state index in [4.69, 9.17) is 23.7 Å². The molecule has 8 heteroatoms. The summed E-state index contributed by atoms with van der Waals surface area (Å²) in [6.07, 6.45) is -4.37. The van der Waals surface area contributed by atoms with E-state index < -0.39 is 42.6 Å². The number of methoxy groups -OCH3 is 4. The third-order valence-electron chi connectivity index (χ3n) is 3.01. The van der Waals surface area contributed by atoms with Crippen molar-refractivity contribution in [3.05, 3.63) is 0 Å². The molecule has 20 heavy (non-hydrogen) atoms. The highest BCUT2D eigenvalue weighted by molar-refractivity contribution is 5.75. The third-order valence-corrected chi connectivity index (χ3v) is 3.01. The molecule has 1 aliphatic rings. The zero-order valence-electron chi connectivity index (χ0n) is 12.2. The second kappa shape index (κ2) is 7.53. The highest BCUT2D eigenvalue weighted by Crippen LogP contribution is 2.28. The van der Waals surface area contributed by atoms with Crippen LogP contribution in [0.1, 0.15) is 6.92 Å². The lowest BCUT2D eigenvalue weighted by Gasteiger charge is -2.42. The van der Waals surface area contributed by atoms with E-state index in [-0.39, 0.29) is 0 Å². The highest BCUT2D eigenvalue weighted by atomic mass is 16.7. The maximum Gasteiger partial charge on any atom is 0.337 e.